The summed E-state index contributed by atoms with van der Waals surface area (Å²) in [6.45, 7) is 3.86. The van der Waals surface area contributed by atoms with E-state index >= 15 is 0 Å². The van der Waals surface area contributed by atoms with E-state index in [-0.39, 0.29) is 26.4 Å². The summed E-state index contributed by atoms with van der Waals surface area (Å²) in [6.07, 6.45) is 0.874. The fraction of sp³-hybridized carbons (Fsp3) is 0.500. The van der Waals surface area contributed by atoms with Gasteiger partial charge in [0.2, 0.25) is 10.0 Å². The molecule has 0 aliphatic heterocycles. The van der Waals surface area contributed by atoms with Crippen molar-refractivity contribution in [2.75, 3.05) is 6.54 Å². The van der Waals surface area contributed by atoms with Gasteiger partial charge in [-0.15, -0.1) is 0 Å². The zero-order valence-corrected chi connectivity index (χ0v) is 13.1. The first-order valence-electron chi connectivity index (χ1n) is 5.90. The van der Waals surface area contributed by atoms with Crippen LogP contribution in [0.15, 0.2) is 17.0 Å². The van der Waals surface area contributed by atoms with Crippen LogP contribution >= 0.6 is 23.2 Å². The van der Waals surface area contributed by atoms with Crippen molar-refractivity contribution in [2.24, 2.45) is 5.92 Å². The van der Waals surface area contributed by atoms with E-state index in [1.54, 1.807) is 0 Å². The summed E-state index contributed by atoms with van der Waals surface area (Å²) in [5, 5.41) is 9.37. The molecule has 0 radical (unpaired) electrons. The van der Waals surface area contributed by atoms with Crippen molar-refractivity contribution < 1.29 is 13.5 Å². The van der Waals surface area contributed by atoms with Crippen LogP contribution in [0.4, 0.5) is 0 Å². The Hall–Kier alpha value is -0.330. The van der Waals surface area contributed by atoms with Gasteiger partial charge in [-0.3, -0.25) is 0 Å². The van der Waals surface area contributed by atoms with E-state index in [4.69, 9.17) is 28.3 Å². The van der Waals surface area contributed by atoms with Crippen LogP contribution in [0.5, 0.6) is 0 Å². The molecule has 7 heteroatoms. The zero-order valence-electron chi connectivity index (χ0n) is 10.8. The lowest BCUT2D eigenvalue weighted by Crippen LogP contribution is -2.28. The molecule has 1 aromatic carbocycles. The monoisotopic (exact) mass is 325 g/mol. The third kappa shape index (κ3) is 4.07. The maximum atomic E-state index is 12.1. The molecule has 0 aliphatic carbocycles. The first kappa shape index (κ1) is 16.7. The quantitative estimate of drug-likeness (QED) is 0.845. The van der Waals surface area contributed by atoms with E-state index < -0.39 is 16.6 Å². The molecule has 4 nitrogen and oxygen atoms in total. The van der Waals surface area contributed by atoms with Gasteiger partial charge in [0, 0.05) is 17.1 Å². The summed E-state index contributed by atoms with van der Waals surface area (Å²) in [5.41, 5.74) is 0.217. The third-order valence-corrected chi connectivity index (χ3v) is 5.28. The van der Waals surface area contributed by atoms with Crippen LogP contribution in [0.2, 0.25) is 10.0 Å². The number of benzene rings is 1. The Balaban J connectivity index is 3.09. The standard InChI is InChI=1S/C12H17Cl2NO3S/c1-3-8(2)6-15-19(17,18)11-5-4-10(13)9(7-16)12(11)14/h4-5,8,15-16H,3,6-7H2,1-2H3. The maximum Gasteiger partial charge on any atom is 0.242 e. The molecule has 108 valence electrons. The molecule has 0 heterocycles. The number of hydrogen-bond acceptors (Lipinski definition) is 3. The third-order valence-electron chi connectivity index (χ3n) is 2.92. The van der Waals surface area contributed by atoms with Gasteiger partial charge in [0.15, 0.2) is 0 Å². The molecular formula is C12H17Cl2NO3S. The molecular weight excluding hydrogens is 309 g/mol. The summed E-state index contributed by atoms with van der Waals surface area (Å²) in [5.74, 6) is 0.234. The first-order valence-corrected chi connectivity index (χ1v) is 8.14. The van der Waals surface area contributed by atoms with Crippen LogP contribution in [0.1, 0.15) is 25.8 Å². The van der Waals surface area contributed by atoms with Crippen LogP contribution in [0.3, 0.4) is 0 Å². The number of halogens is 2. The Morgan fingerprint density at radius 3 is 2.53 bits per heavy atom. The van der Waals surface area contributed by atoms with Crippen LogP contribution < -0.4 is 4.72 Å². The van der Waals surface area contributed by atoms with Gasteiger partial charge in [-0.2, -0.15) is 0 Å². The van der Waals surface area contributed by atoms with E-state index in [1.807, 2.05) is 13.8 Å². The van der Waals surface area contributed by atoms with Gasteiger partial charge in [0.05, 0.1) is 11.6 Å². The van der Waals surface area contributed by atoms with Crippen molar-refractivity contribution in [3.05, 3.63) is 27.7 Å². The normalized spacial score (nSPS) is 13.5. The second kappa shape index (κ2) is 6.90. The molecule has 1 unspecified atom stereocenters. The molecule has 0 aliphatic rings. The first-order chi connectivity index (χ1) is 8.83. The van der Waals surface area contributed by atoms with Gasteiger partial charge in [0.1, 0.15) is 4.90 Å². The minimum atomic E-state index is -3.70. The summed E-state index contributed by atoms with van der Waals surface area (Å²) in [7, 11) is -3.70. The summed E-state index contributed by atoms with van der Waals surface area (Å²) in [4.78, 5) is -0.0640. The molecule has 0 amide bonds. The van der Waals surface area contributed by atoms with Crippen molar-refractivity contribution in [3.63, 3.8) is 0 Å². The highest BCUT2D eigenvalue weighted by molar-refractivity contribution is 7.89. The number of nitrogens with one attached hydrogen (secondary N) is 1. The fourth-order valence-electron chi connectivity index (χ4n) is 1.40. The van der Waals surface area contributed by atoms with Crippen LogP contribution in [0, 0.1) is 5.92 Å². The molecule has 0 fully saturated rings. The largest absolute Gasteiger partial charge is 0.392 e. The highest BCUT2D eigenvalue weighted by atomic mass is 35.5. The molecule has 2 N–H and O–H groups in total. The summed E-state index contributed by atoms with van der Waals surface area (Å²) >= 11 is 11.8. The predicted molar refractivity (Wildman–Crippen MR) is 77.0 cm³/mol. The number of rotatable bonds is 6. The van der Waals surface area contributed by atoms with Crippen molar-refractivity contribution in [3.8, 4) is 0 Å². The Morgan fingerprint density at radius 2 is 2.00 bits per heavy atom. The van der Waals surface area contributed by atoms with E-state index in [0.717, 1.165) is 6.42 Å². The van der Waals surface area contributed by atoms with Gasteiger partial charge in [-0.1, -0.05) is 43.5 Å². The molecule has 1 aromatic rings. The van der Waals surface area contributed by atoms with Gasteiger partial charge < -0.3 is 5.11 Å². The fourth-order valence-corrected chi connectivity index (χ4v) is 3.46. The lowest BCUT2D eigenvalue weighted by atomic mass is 10.1. The minimum absolute atomic E-state index is 0.0355. The number of aliphatic hydroxyl groups is 1. The second-order valence-corrected chi connectivity index (χ2v) is 6.88. The van der Waals surface area contributed by atoms with Gasteiger partial charge in [-0.05, 0) is 18.1 Å². The van der Waals surface area contributed by atoms with Crippen molar-refractivity contribution >= 4 is 33.2 Å². The SMILES string of the molecule is CCC(C)CNS(=O)(=O)c1ccc(Cl)c(CO)c1Cl. The van der Waals surface area contributed by atoms with Crippen molar-refractivity contribution in [1.29, 1.82) is 0 Å². The summed E-state index contributed by atoms with van der Waals surface area (Å²) < 4.78 is 26.8. The van der Waals surface area contributed by atoms with Gasteiger partial charge in [0.25, 0.3) is 0 Å². The average Bonchev–Trinajstić information content (AvgIpc) is 2.36. The zero-order chi connectivity index (χ0) is 14.6. The lowest BCUT2D eigenvalue weighted by Gasteiger charge is -2.13. The van der Waals surface area contributed by atoms with Crippen molar-refractivity contribution in [2.45, 2.75) is 31.8 Å². The molecule has 0 saturated carbocycles. The highest BCUT2D eigenvalue weighted by Gasteiger charge is 2.21. The highest BCUT2D eigenvalue weighted by Crippen LogP contribution is 2.30. The lowest BCUT2D eigenvalue weighted by molar-refractivity contribution is 0.281. The smallest absolute Gasteiger partial charge is 0.242 e. The van der Waals surface area contributed by atoms with Crippen LogP contribution in [-0.2, 0) is 16.6 Å². The van der Waals surface area contributed by atoms with Crippen LogP contribution in [0.25, 0.3) is 0 Å². The predicted octanol–water partition coefficient (Wildman–Crippen LogP) is 2.81. The van der Waals surface area contributed by atoms with Crippen LogP contribution in [-0.4, -0.2) is 20.1 Å². The molecule has 0 aromatic heterocycles. The van der Waals surface area contributed by atoms with E-state index in [2.05, 4.69) is 4.72 Å². The van der Waals surface area contributed by atoms with Gasteiger partial charge in [-0.25, -0.2) is 13.1 Å². The molecule has 19 heavy (non-hydrogen) atoms. The maximum absolute atomic E-state index is 12.1. The molecule has 0 saturated heterocycles. The Kier molecular flexibility index (Phi) is 6.08. The molecule has 1 atom stereocenters. The van der Waals surface area contributed by atoms with E-state index in [0.29, 0.717) is 6.54 Å². The second-order valence-electron chi connectivity index (χ2n) is 4.36. The summed E-state index contributed by atoms with van der Waals surface area (Å²) in [6, 6.07) is 2.75. The topological polar surface area (TPSA) is 66.4 Å². The molecule has 1 rings (SSSR count). The molecule has 0 spiro atoms. The molecule has 0 bridgehead atoms. The van der Waals surface area contributed by atoms with E-state index in [1.165, 1.54) is 12.1 Å². The number of aliphatic hydroxyl groups excluding tert-OH is 1. The Morgan fingerprint density at radius 1 is 1.37 bits per heavy atom. The van der Waals surface area contributed by atoms with Crippen molar-refractivity contribution in [1.82, 2.24) is 4.72 Å². The Labute approximate surface area is 123 Å². The average molecular weight is 326 g/mol. The number of sulfonamides is 1. The Bertz CT molecular complexity index is 546. The number of hydrogen-bond donors (Lipinski definition) is 2. The van der Waals surface area contributed by atoms with Gasteiger partial charge >= 0.3 is 0 Å². The van der Waals surface area contributed by atoms with E-state index in [9.17, 15) is 8.42 Å². The minimum Gasteiger partial charge on any atom is -0.392 e.